The Bertz CT molecular complexity index is 1090. The molecule has 2 aromatic carbocycles. The maximum Gasteiger partial charge on any atom is 0.323 e. The summed E-state index contributed by atoms with van der Waals surface area (Å²) in [6, 6.07) is 11.5. The van der Waals surface area contributed by atoms with Crippen molar-refractivity contribution < 1.29 is 19.1 Å². The standard InChI is InChI=1S/C22H20ClFN2O3/c23-14-3-1-13(2-4-14)9-21(27)25-16-6-8-20-18(11-16)17-10-15(24)5-7-19(17)26(20)12-22(28)29/h1-5,7,10,16H,6,8-9,11-12H2,(H,25,27)(H,28,29). The van der Waals surface area contributed by atoms with Gasteiger partial charge in [0.1, 0.15) is 12.4 Å². The number of aliphatic carboxylic acids is 1. The van der Waals surface area contributed by atoms with Gasteiger partial charge in [-0.1, -0.05) is 23.7 Å². The lowest BCUT2D eigenvalue weighted by molar-refractivity contribution is -0.137. The lowest BCUT2D eigenvalue weighted by Crippen LogP contribution is -2.39. The number of benzene rings is 2. The van der Waals surface area contributed by atoms with Crippen molar-refractivity contribution in [3.63, 3.8) is 0 Å². The molecule has 3 aromatic rings. The number of rotatable bonds is 5. The molecule has 0 saturated heterocycles. The number of carboxylic acid groups (broad SMARTS) is 1. The Morgan fingerprint density at radius 2 is 1.97 bits per heavy atom. The van der Waals surface area contributed by atoms with Gasteiger partial charge >= 0.3 is 5.97 Å². The second kappa shape index (κ2) is 7.87. The third-order valence-corrected chi connectivity index (χ3v) is 5.62. The number of amides is 1. The molecule has 0 spiro atoms. The first-order chi connectivity index (χ1) is 13.9. The van der Waals surface area contributed by atoms with Gasteiger partial charge < -0.3 is 15.0 Å². The van der Waals surface area contributed by atoms with Crippen LogP contribution in [0.2, 0.25) is 5.02 Å². The second-order valence-electron chi connectivity index (χ2n) is 7.38. The molecular weight excluding hydrogens is 395 g/mol. The van der Waals surface area contributed by atoms with Gasteiger partial charge in [-0.3, -0.25) is 9.59 Å². The maximum absolute atomic E-state index is 13.9. The fourth-order valence-corrected chi connectivity index (χ4v) is 4.25. The molecule has 1 heterocycles. The van der Waals surface area contributed by atoms with E-state index in [2.05, 4.69) is 5.32 Å². The minimum atomic E-state index is -0.938. The van der Waals surface area contributed by atoms with Gasteiger partial charge in [0, 0.05) is 27.7 Å². The molecule has 1 aliphatic rings. The SMILES string of the molecule is O=C(O)Cn1c2c(c3cc(F)ccc31)CC(NC(=O)Cc1ccc(Cl)cc1)CC2. The number of hydrogen-bond acceptors (Lipinski definition) is 2. The van der Waals surface area contributed by atoms with Gasteiger partial charge in [-0.25, -0.2) is 4.39 Å². The molecule has 0 aliphatic heterocycles. The fourth-order valence-electron chi connectivity index (χ4n) is 4.13. The van der Waals surface area contributed by atoms with Gasteiger partial charge in [0.25, 0.3) is 0 Å². The summed E-state index contributed by atoms with van der Waals surface area (Å²) in [6.07, 6.45) is 2.15. The highest BCUT2D eigenvalue weighted by Gasteiger charge is 2.27. The zero-order valence-electron chi connectivity index (χ0n) is 15.6. The van der Waals surface area contributed by atoms with Crippen LogP contribution < -0.4 is 5.32 Å². The number of carboxylic acids is 1. The number of carbonyl (C=O) groups is 2. The number of halogens is 2. The van der Waals surface area contributed by atoms with Crippen LogP contribution in [0, 0.1) is 5.82 Å². The minimum absolute atomic E-state index is 0.0746. The van der Waals surface area contributed by atoms with Crippen molar-refractivity contribution in [3.8, 4) is 0 Å². The topological polar surface area (TPSA) is 71.3 Å². The van der Waals surface area contributed by atoms with Crippen LogP contribution >= 0.6 is 11.6 Å². The molecule has 7 heteroatoms. The van der Waals surface area contributed by atoms with Crippen LogP contribution in [0.1, 0.15) is 23.2 Å². The first-order valence-electron chi connectivity index (χ1n) is 9.46. The Balaban J connectivity index is 1.55. The van der Waals surface area contributed by atoms with Crippen LogP contribution in [0.25, 0.3) is 10.9 Å². The Labute approximate surface area is 172 Å². The van der Waals surface area contributed by atoms with Crippen LogP contribution in [0.4, 0.5) is 4.39 Å². The van der Waals surface area contributed by atoms with Crippen molar-refractivity contribution in [1.82, 2.24) is 9.88 Å². The number of nitrogens with one attached hydrogen (secondary N) is 1. The van der Waals surface area contributed by atoms with E-state index in [0.29, 0.717) is 29.8 Å². The molecule has 1 amide bonds. The highest BCUT2D eigenvalue weighted by molar-refractivity contribution is 6.30. The van der Waals surface area contributed by atoms with Gasteiger partial charge in [-0.15, -0.1) is 0 Å². The molecule has 1 aliphatic carbocycles. The Morgan fingerprint density at radius 1 is 1.21 bits per heavy atom. The van der Waals surface area contributed by atoms with Crippen LogP contribution in [-0.2, 0) is 35.4 Å². The molecule has 1 atom stereocenters. The quantitative estimate of drug-likeness (QED) is 0.668. The van der Waals surface area contributed by atoms with E-state index in [1.54, 1.807) is 22.8 Å². The van der Waals surface area contributed by atoms with Gasteiger partial charge in [0.15, 0.2) is 0 Å². The molecule has 150 valence electrons. The molecule has 0 saturated carbocycles. The van der Waals surface area contributed by atoms with E-state index in [9.17, 15) is 19.1 Å². The third-order valence-electron chi connectivity index (χ3n) is 5.37. The normalized spacial score (nSPS) is 15.9. The summed E-state index contributed by atoms with van der Waals surface area (Å²) in [5.74, 6) is -1.38. The average Bonchev–Trinajstić information content (AvgIpc) is 2.96. The fraction of sp³-hybridized carbons (Fsp3) is 0.273. The Hall–Kier alpha value is -2.86. The van der Waals surface area contributed by atoms with Gasteiger partial charge in [0.05, 0.1) is 6.42 Å². The summed E-state index contributed by atoms with van der Waals surface area (Å²) >= 11 is 5.88. The Kier molecular flexibility index (Phi) is 5.28. The van der Waals surface area contributed by atoms with Gasteiger partial charge in [0.2, 0.25) is 5.91 Å². The first-order valence-corrected chi connectivity index (χ1v) is 9.83. The van der Waals surface area contributed by atoms with Crippen molar-refractivity contribution in [2.45, 2.75) is 38.3 Å². The zero-order chi connectivity index (χ0) is 20.5. The van der Waals surface area contributed by atoms with E-state index in [1.165, 1.54) is 12.1 Å². The largest absolute Gasteiger partial charge is 0.480 e. The predicted molar refractivity (Wildman–Crippen MR) is 109 cm³/mol. The van der Waals surface area contributed by atoms with Crippen molar-refractivity contribution in [1.29, 1.82) is 0 Å². The van der Waals surface area contributed by atoms with Crippen LogP contribution in [0.5, 0.6) is 0 Å². The lowest BCUT2D eigenvalue weighted by Gasteiger charge is -2.25. The molecule has 4 rings (SSSR count). The number of aromatic nitrogens is 1. The van der Waals surface area contributed by atoms with Gasteiger partial charge in [-0.2, -0.15) is 0 Å². The monoisotopic (exact) mass is 414 g/mol. The van der Waals surface area contributed by atoms with E-state index in [4.69, 9.17) is 11.6 Å². The van der Waals surface area contributed by atoms with Crippen LogP contribution in [-0.4, -0.2) is 27.6 Å². The average molecular weight is 415 g/mol. The molecule has 2 N–H and O–H groups in total. The van der Waals surface area contributed by atoms with E-state index in [1.807, 2.05) is 12.1 Å². The van der Waals surface area contributed by atoms with Crippen LogP contribution in [0.3, 0.4) is 0 Å². The summed E-state index contributed by atoms with van der Waals surface area (Å²) in [4.78, 5) is 23.8. The summed E-state index contributed by atoms with van der Waals surface area (Å²) in [5, 5.41) is 13.7. The molecular formula is C22H20ClFN2O3. The lowest BCUT2D eigenvalue weighted by atomic mass is 9.91. The second-order valence-corrected chi connectivity index (χ2v) is 7.81. The molecule has 5 nitrogen and oxygen atoms in total. The summed E-state index contributed by atoms with van der Waals surface area (Å²) in [6.45, 7) is -0.162. The highest BCUT2D eigenvalue weighted by Crippen LogP contribution is 2.33. The Morgan fingerprint density at radius 3 is 2.69 bits per heavy atom. The number of nitrogens with zero attached hydrogens (tertiary/aromatic N) is 1. The van der Waals surface area contributed by atoms with Gasteiger partial charge in [-0.05, 0) is 60.7 Å². The van der Waals surface area contributed by atoms with Crippen molar-refractivity contribution in [2.75, 3.05) is 0 Å². The number of fused-ring (bicyclic) bond motifs is 3. The van der Waals surface area contributed by atoms with Crippen LogP contribution in [0.15, 0.2) is 42.5 Å². The van der Waals surface area contributed by atoms with Crippen molar-refractivity contribution in [2.24, 2.45) is 0 Å². The molecule has 0 radical (unpaired) electrons. The molecule has 1 unspecified atom stereocenters. The van der Waals surface area contributed by atoms with E-state index in [-0.39, 0.29) is 30.7 Å². The van der Waals surface area contributed by atoms with Crippen molar-refractivity contribution >= 4 is 34.4 Å². The number of hydrogen-bond donors (Lipinski definition) is 2. The molecule has 1 aromatic heterocycles. The molecule has 29 heavy (non-hydrogen) atoms. The zero-order valence-corrected chi connectivity index (χ0v) is 16.4. The summed E-state index contributed by atoms with van der Waals surface area (Å²) in [5.41, 5.74) is 3.43. The molecule has 0 bridgehead atoms. The summed E-state index contributed by atoms with van der Waals surface area (Å²) in [7, 11) is 0. The van der Waals surface area contributed by atoms with Crippen molar-refractivity contribution in [3.05, 3.63) is 70.1 Å². The van der Waals surface area contributed by atoms with E-state index in [0.717, 1.165) is 22.2 Å². The van der Waals surface area contributed by atoms with E-state index < -0.39 is 5.97 Å². The van der Waals surface area contributed by atoms with E-state index >= 15 is 0 Å². The number of carbonyl (C=O) groups excluding carboxylic acids is 1. The smallest absolute Gasteiger partial charge is 0.323 e. The summed E-state index contributed by atoms with van der Waals surface area (Å²) < 4.78 is 15.6. The molecule has 0 fully saturated rings. The maximum atomic E-state index is 13.9. The first kappa shape index (κ1) is 19.5. The highest BCUT2D eigenvalue weighted by atomic mass is 35.5. The minimum Gasteiger partial charge on any atom is -0.480 e. The predicted octanol–water partition coefficient (Wildman–Crippen LogP) is 3.73. The third kappa shape index (κ3) is 4.12.